The summed E-state index contributed by atoms with van der Waals surface area (Å²) in [4.78, 5) is 7.68. The first kappa shape index (κ1) is 22.5. The summed E-state index contributed by atoms with van der Waals surface area (Å²) < 4.78 is 0. The Balaban J connectivity index is 1.75. The van der Waals surface area contributed by atoms with E-state index in [2.05, 4.69) is 87.2 Å². The Kier molecular flexibility index (Phi) is 6.95. The zero-order valence-corrected chi connectivity index (χ0v) is 20.1. The van der Waals surface area contributed by atoms with E-state index in [1.807, 2.05) is 0 Å². The Hall–Kier alpha value is -2.65. The molecule has 0 unspecified atom stereocenters. The molecule has 1 aromatic heterocycles. The molecule has 1 aliphatic heterocycles. The average Bonchev–Trinajstić information content (AvgIpc) is 2.80. The topological polar surface area (TPSA) is 42.1 Å². The van der Waals surface area contributed by atoms with Gasteiger partial charge in [-0.25, -0.2) is 0 Å². The highest BCUT2D eigenvalue weighted by Crippen LogP contribution is 2.40. The van der Waals surface area contributed by atoms with Crippen LogP contribution in [0.2, 0.25) is 0 Å². The minimum atomic E-state index is 0.520. The van der Waals surface area contributed by atoms with Gasteiger partial charge in [-0.1, -0.05) is 74.0 Å². The maximum Gasteiger partial charge on any atom is 0.0665 e. The molecular weight excluding hydrogens is 390 g/mol. The number of piperidine rings is 1. The molecule has 0 bridgehead atoms. The zero-order chi connectivity index (χ0) is 22.7. The Morgan fingerprint density at radius 2 is 1.62 bits per heavy atom. The van der Waals surface area contributed by atoms with E-state index in [-0.39, 0.29) is 0 Å². The molecule has 32 heavy (non-hydrogen) atoms. The molecule has 0 amide bonds. The van der Waals surface area contributed by atoms with Crippen LogP contribution in [0.1, 0.15) is 60.7 Å². The smallest absolute Gasteiger partial charge is 0.0665 e. The molecule has 4 rings (SSSR count). The van der Waals surface area contributed by atoms with Crippen molar-refractivity contribution in [2.45, 2.75) is 59.4 Å². The van der Waals surface area contributed by atoms with E-state index in [4.69, 9.17) is 10.7 Å². The highest BCUT2D eigenvalue weighted by atomic mass is 15.1. The number of aryl methyl sites for hydroxylation is 2. The van der Waals surface area contributed by atoms with Gasteiger partial charge in [0.25, 0.3) is 0 Å². The minimum Gasteiger partial charge on any atom is -0.370 e. The van der Waals surface area contributed by atoms with Crippen molar-refractivity contribution in [3.8, 4) is 11.1 Å². The van der Waals surface area contributed by atoms with Gasteiger partial charge in [-0.2, -0.15) is 0 Å². The molecule has 2 aromatic carbocycles. The first-order chi connectivity index (χ1) is 15.5. The molecule has 1 fully saturated rings. The van der Waals surface area contributed by atoms with Crippen LogP contribution in [0.4, 0.5) is 5.69 Å². The first-order valence-corrected chi connectivity index (χ1v) is 12.1. The predicted octanol–water partition coefficient (Wildman–Crippen LogP) is 6.41. The Bertz CT molecular complexity index is 1030. The van der Waals surface area contributed by atoms with Crippen LogP contribution in [-0.2, 0) is 13.0 Å². The van der Waals surface area contributed by atoms with Gasteiger partial charge in [0.1, 0.15) is 0 Å². The highest BCUT2D eigenvalue weighted by molar-refractivity contribution is 5.84. The summed E-state index contributed by atoms with van der Waals surface area (Å²) in [7, 11) is 0. The van der Waals surface area contributed by atoms with Crippen molar-refractivity contribution in [1.29, 1.82) is 0 Å². The third-order valence-electron chi connectivity index (χ3n) is 6.76. The summed E-state index contributed by atoms with van der Waals surface area (Å²) in [6.45, 7) is 11.5. The number of anilines is 1. The lowest BCUT2D eigenvalue weighted by molar-refractivity contribution is 0.504. The van der Waals surface area contributed by atoms with Crippen molar-refractivity contribution >= 4 is 5.69 Å². The molecule has 1 saturated heterocycles. The molecule has 0 spiro atoms. The van der Waals surface area contributed by atoms with Crippen molar-refractivity contribution in [3.63, 3.8) is 0 Å². The van der Waals surface area contributed by atoms with Crippen LogP contribution in [0, 0.1) is 19.8 Å². The van der Waals surface area contributed by atoms with E-state index in [0.717, 1.165) is 25.2 Å². The molecule has 3 aromatic rings. The third-order valence-corrected chi connectivity index (χ3v) is 6.76. The molecule has 0 atom stereocenters. The number of hydrogen-bond donors (Lipinski definition) is 1. The maximum atomic E-state index is 6.38. The lowest BCUT2D eigenvalue weighted by Crippen LogP contribution is -2.34. The van der Waals surface area contributed by atoms with Gasteiger partial charge in [-0.15, -0.1) is 0 Å². The number of aromatic nitrogens is 1. The largest absolute Gasteiger partial charge is 0.370 e. The van der Waals surface area contributed by atoms with Crippen LogP contribution >= 0.6 is 0 Å². The second-order valence-electron chi connectivity index (χ2n) is 9.69. The first-order valence-electron chi connectivity index (χ1n) is 12.1. The molecule has 168 valence electrons. The van der Waals surface area contributed by atoms with Crippen LogP contribution < -0.4 is 10.6 Å². The number of benzene rings is 2. The van der Waals surface area contributed by atoms with Crippen molar-refractivity contribution in [2.24, 2.45) is 11.7 Å². The molecule has 2 N–H and O–H groups in total. The summed E-state index contributed by atoms with van der Waals surface area (Å²) in [5, 5.41) is 0. The SMILES string of the molecule is Cc1ccc(-c2c(CN)c(CC(C)C)nc(C)c2N2CCC(c3ccccc3)CC2)cc1. The normalized spacial score (nSPS) is 14.9. The van der Waals surface area contributed by atoms with E-state index >= 15 is 0 Å². The molecule has 3 nitrogen and oxygen atoms in total. The standard InChI is InChI=1S/C29H37N3/c1-20(2)18-27-26(19-30)28(25-12-10-21(3)11-13-25)29(22(4)31-27)32-16-14-24(15-17-32)23-8-6-5-7-9-23/h5-13,20,24H,14-19,30H2,1-4H3. The molecule has 2 heterocycles. The highest BCUT2D eigenvalue weighted by Gasteiger charge is 2.27. The fraction of sp³-hybridized carbons (Fsp3) is 0.414. The second kappa shape index (κ2) is 9.87. The summed E-state index contributed by atoms with van der Waals surface area (Å²) in [5.41, 5.74) is 16.5. The van der Waals surface area contributed by atoms with Gasteiger partial charge in [0, 0.05) is 30.9 Å². The van der Waals surface area contributed by atoms with Crippen molar-refractivity contribution in [2.75, 3.05) is 18.0 Å². The van der Waals surface area contributed by atoms with E-state index in [9.17, 15) is 0 Å². The lowest BCUT2D eigenvalue weighted by atomic mass is 9.87. The van der Waals surface area contributed by atoms with Crippen LogP contribution in [-0.4, -0.2) is 18.1 Å². The molecule has 0 saturated carbocycles. The van der Waals surface area contributed by atoms with Gasteiger partial charge in [0.05, 0.1) is 11.4 Å². The number of nitrogens with zero attached hydrogens (tertiary/aromatic N) is 2. The molecule has 0 radical (unpaired) electrons. The molecular formula is C29H37N3. The fourth-order valence-corrected chi connectivity index (χ4v) is 5.15. The second-order valence-corrected chi connectivity index (χ2v) is 9.69. The van der Waals surface area contributed by atoms with E-state index < -0.39 is 0 Å². The third kappa shape index (κ3) is 4.73. The van der Waals surface area contributed by atoms with Crippen molar-refractivity contribution < 1.29 is 0 Å². The van der Waals surface area contributed by atoms with Crippen molar-refractivity contribution in [3.05, 3.63) is 82.7 Å². The van der Waals surface area contributed by atoms with Gasteiger partial charge in [-0.05, 0) is 61.6 Å². The summed E-state index contributed by atoms with van der Waals surface area (Å²) >= 11 is 0. The predicted molar refractivity (Wildman–Crippen MR) is 136 cm³/mol. The quantitative estimate of drug-likeness (QED) is 0.494. The van der Waals surface area contributed by atoms with Crippen LogP contribution in [0.25, 0.3) is 11.1 Å². The fourth-order valence-electron chi connectivity index (χ4n) is 5.15. The van der Waals surface area contributed by atoms with Crippen molar-refractivity contribution in [1.82, 2.24) is 4.98 Å². The van der Waals surface area contributed by atoms with Crippen LogP contribution in [0.3, 0.4) is 0 Å². The Labute approximate surface area is 193 Å². The number of pyridine rings is 1. The van der Waals surface area contributed by atoms with Gasteiger partial charge in [-0.3, -0.25) is 4.98 Å². The minimum absolute atomic E-state index is 0.520. The number of nitrogens with two attached hydrogens (primary N) is 1. The Morgan fingerprint density at radius 1 is 0.969 bits per heavy atom. The Morgan fingerprint density at radius 3 is 2.22 bits per heavy atom. The van der Waals surface area contributed by atoms with Gasteiger partial charge in [0.15, 0.2) is 0 Å². The molecule has 1 aliphatic rings. The lowest BCUT2D eigenvalue weighted by Gasteiger charge is -2.36. The average molecular weight is 428 g/mol. The van der Waals surface area contributed by atoms with Crippen LogP contribution in [0.15, 0.2) is 54.6 Å². The summed E-state index contributed by atoms with van der Waals surface area (Å²) in [5.74, 6) is 1.18. The monoisotopic (exact) mass is 427 g/mol. The zero-order valence-electron chi connectivity index (χ0n) is 20.1. The molecule has 0 aliphatic carbocycles. The van der Waals surface area contributed by atoms with E-state index in [1.54, 1.807) is 0 Å². The number of hydrogen-bond acceptors (Lipinski definition) is 3. The van der Waals surface area contributed by atoms with E-state index in [1.165, 1.54) is 52.0 Å². The van der Waals surface area contributed by atoms with E-state index in [0.29, 0.717) is 18.4 Å². The van der Waals surface area contributed by atoms with Crippen LogP contribution in [0.5, 0.6) is 0 Å². The van der Waals surface area contributed by atoms with Gasteiger partial charge in [0.2, 0.25) is 0 Å². The summed E-state index contributed by atoms with van der Waals surface area (Å²) in [6, 6.07) is 19.9. The number of rotatable bonds is 6. The van der Waals surface area contributed by atoms with Gasteiger partial charge < -0.3 is 10.6 Å². The van der Waals surface area contributed by atoms with Gasteiger partial charge >= 0.3 is 0 Å². The summed E-state index contributed by atoms with van der Waals surface area (Å²) in [6.07, 6.45) is 3.30. The molecule has 3 heteroatoms. The maximum absolute atomic E-state index is 6.38.